The van der Waals surface area contributed by atoms with Gasteiger partial charge in [-0.1, -0.05) is 17.7 Å². The smallest absolute Gasteiger partial charge is 0.262 e. The third-order valence-electron chi connectivity index (χ3n) is 3.54. The van der Waals surface area contributed by atoms with Crippen LogP contribution in [0.4, 0.5) is 10.1 Å². The molecule has 116 valence electrons. The van der Waals surface area contributed by atoms with E-state index in [1.54, 1.807) is 18.2 Å². The molecule has 0 bridgehead atoms. The van der Waals surface area contributed by atoms with Crippen LogP contribution in [-0.4, -0.2) is 29.2 Å². The number of hydrogen-bond donors (Lipinski definition) is 1. The van der Waals surface area contributed by atoms with Crippen LogP contribution < -0.4 is 5.32 Å². The molecule has 2 aromatic carbocycles. The van der Waals surface area contributed by atoms with E-state index in [1.165, 1.54) is 18.2 Å². The summed E-state index contributed by atoms with van der Waals surface area (Å²) >= 11 is 0. The van der Waals surface area contributed by atoms with Gasteiger partial charge in [-0.05, 0) is 37.3 Å². The first-order valence-electron chi connectivity index (χ1n) is 6.98. The van der Waals surface area contributed by atoms with Crippen molar-refractivity contribution in [3.63, 3.8) is 0 Å². The van der Waals surface area contributed by atoms with Gasteiger partial charge in [0.25, 0.3) is 11.8 Å². The number of carbonyl (C=O) groups excluding carboxylic acids is 3. The van der Waals surface area contributed by atoms with Gasteiger partial charge < -0.3 is 5.32 Å². The lowest BCUT2D eigenvalue weighted by atomic mass is 10.1. The summed E-state index contributed by atoms with van der Waals surface area (Å²) in [5.74, 6) is -2.05. The SMILES string of the molecule is Cc1ccc2c(c1)C(=O)N(CC(=O)Nc1cccc(F)c1)C2=O. The van der Waals surface area contributed by atoms with Crippen molar-refractivity contribution < 1.29 is 18.8 Å². The Morgan fingerprint density at radius 3 is 2.57 bits per heavy atom. The van der Waals surface area contributed by atoms with Gasteiger partial charge in [0.2, 0.25) is 5.91 Å². The summed E-state index contributed by atoms with van der Waals surface area (Å²) in [5.41, 5.74) is 1.71. The van der Waals surface area contributed by atoms with Crippen molar-refractivity contribution in [1.82, 2.24) is 4.90 Å². The quantitative estimate of drug-likeness (QED) is 0.885. The Balaban J connectivity index is 1.75. The second-order valence-electron chi connectivity index (χ2n) is 5.30. The van der Waals surface area contributed by atoms with Gasteiger partial charge in [-0.2, -0.15) is 0 Å². The maximum absolute atomic E-state index is 13.1. The number of anilines is 1. The molecule has 2 aromatic rings. The summed E-state index contributed by atoms with van der Waals surface area (Å²) in [5, 5.41) is 2.46. The minimum atomic E-state index is -0.568. The van der Waals surface area contributed by atoms with Crippen LogP contribution in [0.5, 0.6) is 0 Å². The molecule has 0 aliphatic carbocycles. The molecule has 23 heavy (non-hydrogen) atoms. The normalized spacial score (nSPS) is 13.2. The van der Waals surface area contributed by atoms with Gasteiger partial charge in [-0.15, -0.1) is 0 Å². The number of amides is 3. The Morgan fingerprint density at radius 1 is 1.09 bits per heavy atom. The highest BCUT2D eigenvalue weighted by atomic mass is 19.1. The molecule has 5 nitrogen and oxygen atoms in total. The van der Waals surface area contributed by atoms with Crippen molar-refractivity contribution in [1.29, 1.82) is 0 Å². The first-order chi connectivity index (χ1) is 11.0. The maximum atomic E-state index is 13.1. The van der Waals surface area contributed by atoms with Crippen molar-refractivity contribution in [3.05, 3.63) is 65.0 Å². The molecule has 0 saturated heterocycles. The van der Waals surface area contributed by atoms with E-state index in [0.717, 1.165) is 16.5 Å². The van der Waals surface area contributed by atoms with E-state index in [4.69, 9.17) is 0 Å². The average Bonchev–Trinajstić information content (AvgIpc) is 2.72. The number of nitrogens with one attached hydrogen (secondary N) is 1. The maximum Gasteiger partial charge on any atom is 0.262 e. The summed E-state index contributed by atoms with van der Waals surface area (Å²) in [7, 11) is 0. The van der Waals surface area contributed by atoms with Gasteiger partial charge in [0.1, 0.15) is 12.4 Å². The highest BCUT2D eigenvalue weighted by Crippen LogP contribution is 2.23. The van der Waals surface area contributed by atoms with Gasteiger partial charge in [-0.3, -0.25) is 19.3 Å². The lowest BCUT2D eigenvalue weighted by Crippen LogP contribution is -2.37. The fourth-order valence-corrected chi connectivity index (χ4v) is 2.46. The van der Waals surface area contributed by atoms with Gasteiger partial charge in [0, 0.05) is 5.69 Å². The zero-order valence-corrected chi connectivity index (χ0v) is 12.3. The Labute approximate surface area is 131 Å². The monoisotopic (exact) mass is 312 g/mol. The molecular formula is C17H13FN2O3. The Kier molecular flexibility index (Phi) is 3.65. The predicted molar refractivity (Wildman–Crippen MR) is 81.6 cm³/mol. The molecule has 1 aliphatic heterocycles. The van der Waals surface area contributed by atoms with Crippen molar-refractivity contribution in [3.8, 4) is 0 Å². The summed E-state index contributed by atoms with van der Waals surface area (Å²) in [6.45, 7) is 1.40. The molecule has 0 aromatic heterocycles. The van der Waals surface area contributed by atoms with Crippen LogP contribution >= 0.6 is 0 Å². The second-order valence-corrected chi connectivity index (χ2v) is 5.30. The number of aryl methyl sites for hydroxylation is 1. The number of rotatable bonds is 3. The summed E-state index contributed by atoms with van der Waals surface area (Å²) in [4.78, 5) is 37.4. The number of halogens is 1. The van der Waals surface area contributed by atoms with Crippen LogP contribution in [0.2, 0.25) is 0 Å². The van der Waals surface area contributed by atoms with Gasteiger partial charge in [-0.25, -0.2) is 4.39 Å². The molecule has 0 unspecified atom stereocenters. The zero-order valence-electron chi connectivity index (χ0n) is 12.3. The molecule has 0 atom stereocenters. The fraction of sp³-hybridized carbons (Fsp3) is 0.118. The van der Waals surface area contributed by atoms with E-state index in [1.807, 2.05) is 6.92 Å². The number of imide groups is 1. The number of benzene rings is 2. The average molecular weight is 312 g/mol. The highest BCUT2D eigenvalue weighted by molar-refractivity contribution is 6.22. The molecule has 1 heterocycles. The molecular weight excluding hydrogens is 299 g/mol. The van der Waals surface area contributed by atoms with Crippen LogP contribution in [-0.2, 0) is 4.79 Å². The molecule has 1 aliphatic rings. The lowest BCUT2D eigenvalue weighted by Gasteiger charge is -2.13. The van der Waals surface area contributed by atoms with E-state index < -0.39 is 30.1 Å². The summed E-state index contributed by atoms with van der Waals surface area (Å²) in [6.07, 6.45) is 0. The van der Waals surface area contributed by atoms with Gasteiger partial charge >= 0.3 is 0 Å². The minimum Gasteiger partial charge on any atom is -0.324 e. The van der Waals surface area contributed by atoms with Crippen LogP contribution in [0.3, 0.4) is 0 Å². The highest BCUT2D eigenvalue weighted by Gasteiger charge is 2.36. The van der Waals surface area contributed by atoms with Crippen LogP contribution in [0.25, 0.3) is 0 Å². The second kappa shape index (κ2) is 5.64. The van der Waals surface area contributed by atoms with Gasteiger partial charge in [0.05, 0.1) is 11.1 Å². The third kappa shape index (κ3) is 2.83. The molecule has 0 fully saturated rings. The predicted octanol–water partition coefficient (Wildman–Crippen LogP) is 2.37. The van der Waals surface area contributed by atoms with Crippen molar-refractivity contribution in [2.24, 2.45) is 0 Å². The molecule has 0 spiro atoms. The lowest BCUT2D eigenvalue weighted by molar-refractivity contribution is -0.116. The molecule has 1 N–H and O–H groups in total. The molecule has 0 saturated carbocycles. The largest absolute Gasteiger partial charge is 0.324 e. The number of fused-ring (bicyclic) bond motifs is 1. The molecule has 3 rings (SSSR count). The van der Waals surface area contributed by atoms with Crippen LogP contribution in [0.15, 0.2) is 42.5 Å². The number of hydrogen-bond acceptors (Lipinski definition) is 3. The first kappa shape index (κ1) is 14.9. The number of carbonyl (C=O) groups is 3. The van der Waals surface area contributed by atoms with E-state index in [2.05, 4.69) is 5.32 Å². The van der Waals surface area contributed by atoms with E-state index in [-0.39, 0.29) is 5.69 Å². The van der Waals surface area contributed by atoms with Crippen molar-refractivity contribution >= 4 is 23.4 Å². The Morgan fingerprint density at radius 2 is 1.83 bits per heavy atom. The Bertz CT molecular complexity index is 832. The fourth-order valence-electron chi connectivity index (χ4n) is 2.46. The number of nitrogens with zero attached hydrogens (tertiary/aromatic N) is 1. The van der Waals surface area contributed by atoms with E-state index >= 15 is 0 Å². The van der Waals surface area contributed by atoms with E-state index in [9.17, 15) is 18.8 Å². The third-order valence-corrected chi connectivity index (χ3v) is 3.54. The summed E-state index contributed by atoms with van der Waals surface area (Å²) < 4.78 is 13.1. The first-order valence-corrected chi connectivity index (χ1v) is 6.98. The van der Waals surface area contributed by atoms with Crippen LogP contribution in [0.1, 0.15) is 26.3 Å². The van der Waals surface area contributed by atoms with Crippen LogP contribution in [0, 0.1) is 12.7 Å². The standard InChI is InChI=1S/C17H13FN2O3/c1-10-5-6-13-14(7-10)17(23)20(16(13)22)9-15(21)19-12-4-2-3-11(18)8-12/h2-8H,9H2,1H3,(H,19,21). The summed E-state index contributed by atoms with van der Waals surface area (Å²) in [6, 6.07) is 10.3. The molecule has 6 heteroatoms. The van der Waals surface area contributed by atoms with Crippen molar-refractivity contribution in [2.75, 3.05) is 11.9 Å². The minimum absolute atomic E-state index is 0.266. The molecule has 3 amide bonds. The van der Waals surface area contributed by atoms with E-state index in [0.29, 0.717) is 11.1 Å². The van der Waals surface area contributed by atoms with Crippen molar-refractivity contribution in [2.45, 2.75) is 6.92 Å². The Hall–Kier alpha value is -3.02. The van der Waals surface area contributed by atoms with Gasteiger partial charge in [0.15, 0.2) is 0 Å². The topological polar surface area (TPSA) is 66.5 Å². The zero-order chi connectivity index (χ0) is 16.6. The molecule has 0 radical (unpaired) electrons.